The maximum atomic E-state index is 12.3. The average molecular weight is 346 g/mol. The molecule has 0 radical (unpaired) electrons. The van der Waals surface area contributed by atoms with E-state index in [1.54, 1.807) is 31.2 Å². The molecule has 0 fully saturated rings. The molecule has 5 nitrogen and oxygen atoms in total. The lowest BCUT2D eigenvalue weighted by molar-refractivity contribution is 0.0940. The Labute approximate surface area is 143 Å². The van der Waals surface area contributed by atoms with Gasteiger partial charge in [-0.1, -0.05) is 30.3 Å². The molecule has 0 saturated carbocycles. The highest BCUT2D eigenvalue weighted by atomic mass is 32.2. The molecule has 2 aromatic rings. The fraction of sp³-hybridized carbons (Fsp3) is 0.278. The molecule has 0 bridgehead atoms. The van der Waals surface area contributed by atoms with Gasteiger partial charge in [0.1, 0.15) is 0 Å². The number of nitrogens with one attached hydrogen (secondary N) is 1. The van der Waals surface area contributed by atoms with Gasteiger partial charge in [0.25, 0.3) is 5.91 Å². The quantitative estimate of drug-likeness (QED) is 0.874. The molecule has 0 heterocycles. The van der Waals surface area contributed by atoms with Crippen molar-refractivity contribution in [3.8, 4) is 0 Å². The van der Waals surface area contributed by atoms with Crippen LogP contribution in [0.2, 0.25) is 0 Å². The Bertz CT molecular complexity index is 787. The van der Waals surface area contributed by atoms with E-state index in [9.17, 15) is 13.2 Å². The molecular formula is C18H22N2O3S. The molecule has 1 N–H and O–H groups in total. The lowest BCUT2D eigenvalue weighted by atomic mass is 10.1. The van der Waals surface area contributed by atoms with Crippen LogP contribution in [-0.2, 0) is 10.0 Å². The number of hydrogen-bond donors (Lipinski definition) is 1. The zero-order valence-electron chi connectivity index (χ0n) is 14.1. The normalized spacial score (nSPS) is 12.5. The molecule has 6 heteroatoms. The van der Waals surface area contributed by atoms with Crippen molar-refractivity contribution in [2.75, 3.05) is 17.1 Å². The van der Waals surface area contributed by atoms with Gasteiger partial charge in [0.15, 0.2) is 0 Å². The van der Waals surface area contributed by atoms with Crippen molar-refractivity contribution < 1.29 is 13.2 Å². The smallest absolute Gasteiger partial charge is 0.251 e. The first-order valence-electron chi connectivity index (χ1n) is 7.76. The third kappa shape index (κ3) is 4.35. The van der Waals surface area contributed by atoms with Crippen molar-refractivity contribution in [3.05, 3.63) is 65.7 Å². The van der Waals surface area contributed by atoms with Gasteiger partial charge in [0, 0.05) is 12.1 Å². The van der Waals surface area contributed by atoms with Crippen molar-refractivity contribution >= 4 is 21.6 Å². The molecule has 0 unspecified atom stereocenters. The summed E-state index contributed by atoms with van der Waals surface area (Å²) in [6.45, 7) is 4.03. The summed E-state index contributed by atoms with van der Waals surface area (Å²) in [5.74, 6) is -0.194. The molecule has 1 atom stereocenters. The van der Waals surface area contributed by atoms with Crippen LogP contribution in [0, 0.1) is 0 Å². The highest BCUT2D eigenvalue weighted by molar-refractivity contribution is 7.92. The van der Waals surface area contributed by atoms with E-state index in [-0.39, 0.29) is 11.9 Å². The van der Waals surface area contributed by atoms with Crippen molar-refractivity contribution in [1.29, 1.82) is 0 Å². The van der Waals surface area contributed by atoms with Crippen LogP contribution in [0.3, 0.4) is 0 Å². The molecule has 0 aliphatic carbocycles. The summed E-state index contributed by atoms with van der Waals surface area (Å²) in [5, 5.41) is 2.93. The molecule has 0 aromatic heterocycles. The van der Waals surface area contributed by atoms with E-state index in [1.807, 2.05) is 37.3 Å². The summed E-state index contributed by atoms with van der Waals surface area (Å²) in [5.41, 5.74) is 2.07. The van der Waals surface area contributed by atoms with Crippen LogP contribution in [0.25, 0.3) is 0 Å². The first kappa shape index (κ1) is 18.0. The van der Waals surface area contributed by atoms with Crippen molar-refractivity contribution in [2.24, 2.45) is 0 Å². The fourth-order valence-corrected chi connectivity index (χ4v) is 3.47. The summed E-state index contributed by atoms with van der Waals surface area (Å²) in [6, 6.07) is 16.2. The largest absolute Gasteiger partial charge is 0.346 e. The number of benzene rings is 2. The third-order valence-electron chi connectivity index (χ3n) is 3.75. The molecule has 0 aliphatic heterocycles. The van der Waals surface area contributed by atoms with Crippen LogP contribution in [0.1, 0.15) is 35.8 Å². The molecule has 1 amide bonds. The van der Waals surface area contributed by atoms with E-state index in [0.717, 1.165) is 5.56 Å². The summed E-state index contributed by atoms with van der Waals surface area (Å²) >= 11 is 0. The Morgan fingerprint density at radius 3 is 2.17 bits per heavy atom. The van der Waals surface area contributed by atoms with E-state index < -0.39 is 10.0 Å². The zero-order chi connectivity index (χ0) is 17.7. The standard InChI is InChI=1S/C18H22N2O3S/c1-4-20(24(3,22)23)17-12-10-16(11-13-17)18(21)19-14(2)15-8-6-5-7-9-15/h5-14H,4H2,1-3H3,(H,19,21)/t14-/m0/s1. The Hall–Kier alpha value is -2.34. The van der Waals surface area contributed by atoms with Crippen LogP contribution in [0.4, 0.5) is 5.69 Å². The number of hydrogen-bond acceptors (Lipinski definition) is 3. The second-order valence-electron chi connectivity index (χ2n) is 5.58. The molecule has 24 heavy (non-hydrogen) atoms. The first-order chi connectivity index (χ1) is 11.3. The predicted molar refractivity (Wildman–Crippen MR) is 96.6 cm³/mol. The number of carbonyl (C=O) groups is 1. The second kappa shape index (κ2) is 7.49. The lowest BCUT2D eigenvalue weighted by Gasteiger charge is -2.20. The van der Waals surface area contributed by atoms with Gasteiger partial charge in [-0.05, 0) is 43.7 Å². The van der Waals surface area contributed by atoms with E-state index in [0.29, 0.717) is 17.8 Å². The van der Waals surface area contributed by atoms with E-state index in [2.05, 4.69) is 5.32 Å². The molecule has 128 valence electrons. The van der Waals surface area contributed by atoms with E-state index >= 15 is 0 Å². The van der Waals surface area contributed by atoms with Crippen LogP contribution in [0.5, 0.6) is 0 Å². The topological polar surface area (TPSA) is 66.5 Å². The van der Waals surface area contributed by atoms with E-state index in [4.69, 9.17) is 0 Å². The second-order valence-corrected chi connectivity index (χ2v) is 7.49. The molecule has 2 aromatic carbocycles. The van der Waals surface area contributed by atoms with Gasteiger partial charge < -0.3 is 5.32 Å². The molecule has 0 spiro atoms. The molecular weight excluding hydrogens is 324 g/mol. The Kier molecular flexibility index (Phi) is 5.62. The minimum absolute atomic E-state index is 0.110. The highest BCUT2D eigenvalue weighted by Crippen LogP contribution is 2.19. The number of anilines is 1. The van der Waals surface area contributed by atoms with Crippen LogP contribution < -0.4 is 9.62 Å². The molecule has 2 rings (SSSR count). The van der Waals surface area contributed by atoms with Gasteiger partial charge in [-0.2, -0.15) is 0 Å². The fourth-order valence-electron chi connectivity index (χ4n) is 2.49. The third-order valence-corrected chi connectivity index (χ3v) is 5.02. The van der Waals surface area contributed by atoms with Crippen LogP contribution in [-0.4, -0.2) is 27.1 Å². The summed E-state index contributed by atoms with van der Waals surface area (Å²) in [4.78, 5) is 12.3. The van der Waals surface area contributed by atoms with Crippen LogP contribution in [0.15, 0.2) is 54.6 Å². The predicted octanol–water partition coefficient (Wildman–Crippen LogP) is 2.96. The monoisotopic (exact) mass is 346 g/mol. The van der Waals surface area contributed by atoms with E-state index in [1.165, 1.54) is 10.6 Å². The maximum absolute atomic E-state index is 12.3. The van der Waals surface area contributed by atoms with Crippen molar-refractivity contribution in [1.82, 2.24) is 5.32 Å². The number of nitrogens with zero attached hydrogens (tertiary/aromatic N) is 1. The van der Waals surface area contributed by atoms with Gasteiger partial charge in [0.05, 0.1) is 18.0 Å². The highest BCUT2D eigenvalue weighted by Gasteiger charge is 2.16. The van der Waals surface area contributed by atoms with Crippen LogP contribution >= 0.6 is 0 Å². The number of rotatable bonds is 6. The Balaban J connectivity index is 2.11. The minimum Gasteiger partial charge on any atom is -0.346 e. The molecule has 0 saturated heterocycles. The number of carbonyl (C=O) groups excluding carboxylic acids is 1. The molecule has 0 aliphatic rings. The Morgan fingerprint density at radius 2 is 1.67 bits per heavy atom. The van der Waals surface area contributed by atoms with Gasteiger partial charge in [-0.3, -0.25) is 9.10 Å². The van der Waals surface area contributed by atoms with Gasteiger partial charge in [-0.25, -0.2) is 8.42 Å². The number of amides is 1. The van der Waals surface area contributed by atoms with Crippen molar-refractivity contribution in [3.63, 3.8) is 0 Å². The Morgan fingerprint density at radius 1 is 1.08 bits per heavy atom. The summed E-state index contributed by atoms with van der Waals surface area (Å²) in [7, 11) is -3.32. The van der Waals surface area contributed by atoms with Gasteiger partial charge >= 0.3 is 0 Å². The first-order valence-corrected chi connectivity index (χ1v) is 9.61. The maximum Gasteiger partial charge on any atom is 0.251 e. The minimum atomic E-state index is -3.32. The zero-order valence-corrected chi connectivity index (χ0v) is 14.9. The summed E-state index contributed by atoms with van der Waals surface area (Å²) in [6.07, 6.45) is 1.17. The average Bonchev–Trinajstić information content (AvgIpc) is 2.55. The number of sulfonamides is 1. The lowest BCUT2D eigenvalue weighted by Crippen LogP contribution is -2.29. The van der Waals surface area contributed by atoms with Crippen molar-refractivity contribution in [2.45, 2.75) is 19.9 Å². The van der Waals surface area contributed by atoms with Gasteiger partial charge in [-0.15, -0.1) is 0 Å². The summed E-state index contributed by atoms with van der Waals surface area (Å²) < 4.78 is 24.8. The van der Waals surface area contributed by atoms with Gasteiger partial charge in [0.2, 0.25) is 10.0 Å². The SMILES string of the molecule is CCN(c1ccc(C(=O)N[C@@H](C)c2ccccc2)cc1)S(C)(=O)=O.